The normalized spacial score (nSPS) is 10.9. The van der Waals surface area contributed by atoms with Gasteiger partial charge in [-0.15, -0.1) is 0 Å². The zero-order chi connectivity index (χ0) is 18.6. The van der Waals surface area contributed by atoms with Gasteiger partial charge in [0.1, 0.15) is 11.5 Å². The highest BCUT2D eigenvalue weighted by atomic mass is 79.9. The van der Waals surface area contributed by atoms with E-state index in [4.69, 9.17) is 4.74 Å². The van der Waals surface area contributed by atoms with Crippen molar-refractivity contribution in [3.63, 3.8) is 0 Å². The van der Waals surface area contributed by atoms with Crippen LogP contribution in [-0.4, -0.2) is 23.8 Å². The first kappa shape index (κ1) is 20.9. The maximum atomic E-state index is 11.8. The molecular weight excluding hydrogens is 656 g/mol. The smallest absolute Gasteiger partial charge is 0.277 e. The molecule has 2 rings (SSSR count). The molecule has 0 aliphatic heterocycles. The third-order valence-electron chi connectivity index (χ3n) is 2.75. The Morgan fingerprint density at radius 2 is 1.60 bits per heavy atom. The van der Waals surface area contributed by atoms with Gasteiger partial charge in [0.25, 0.3) is 5.91 Å². The molecule has 0 saturated carbocycles. The number of phenolic OH excluding ortho intramolecular Hbond substituents is 1. The summed E-state index contributed by atoms with van der Waals surface area (Å²) in [6.45, 7) is -0.195. The number of carbonyl (C=O) groups excluding carboxylic acids is 1. The number of carbonyl (C=O) groups is 1. The van der Waals surface area contributed by atoms with Gasteiger partial charge in [-0.3, -0.25) is 4.79 Å². The van der Waals surface area contributed by atoms with Crippen LogP contribution in [0.4, 0.5) is 0 Å². The van der Waals surface area contributed by atoms with E-state index in [0.29, 0.717) is 29.2 Å². The van der Waals surface area contributed by atoms with Crippen LogP contribution in [0.15, 0.2) is 51.7 Å². The van der Waals surface area contributed by atoms with E-state index in [1.807, 2.05) is 12.1 Å². The van der Waals surface area contributed by atoms with Crippen LogP contribution in [0.2, 0.25) is 0 Å². The van der Waals surface area contributed by atoms with Crippen molar-refractivity contribution in [3.05, 3.63) is 52.2 Å². The number of ether oxygens (including phenoxy) is 1. The van der Waals surface area contributed by atoms with Crippen LogP contribution in [0.3, 0.4) is 0 Å². The number of hydrogen-bond donors (Lipinski definition) is 2. The van der Waals surface area contributed by atoms with Gasteiger partial charge in [0.2, 0.25) is 0 Å². The van der Waals surface area contributed by atoms with E-state index in [9.17, 15) is 9.90 Å². The summed E-state index contributed by atoms with van der Waals surface area (Å²) >= 11 is 16.6. The standard InChI is InChI=1S/C15H9Br5N2O3/c16-8-3-11(19)15(12(20)4-8)25-6-13(23)22-21-5-7-1-9(17)14(24)10(18)2-7/h1-5,24H,6H2,(H,22,23). The lowest BCUT2D eigenvalue weighted by molar-refractivity contribution is -0.123. The molecule has 10 heteroatoms. The average molecular weight is 665 g/mol. The van der Waals surface area contributed by atoms with Gasteiger partial charge in [0.15, 0.2) is 6.61 Å². The second kappa shape index (κ2) is 9.50. The van der Waals surface area contributed by atoms with Crippen molar-refractivity contribution in [3.8, 4) is 11.5 Å². The molecule has 2 aromatic rings. The molecule has 0 spiro atoms. The number of benzene rings is 2. The van der Waals surface area contributed by atoms with Gasteiger partial charge in [-0.25, -0.2) is 5.43 Å². The van der Waals surface area contributed by atoms with Gasteiger partial charge < -0.3 is 9.84 Å². The van der Waals surface area contributed by atoms with E-state index in [1.54, 1.807) is 12.1 Å². The van der Waals surface area contributed by atoms with Crippen LogP contribution in [0.1, 0.15) is 5.56 Å². The molecule has 2 aromatic carbocycles. The Balaban J connectivity index is 1.93. The fourth-order valence-corrected chi connectivity index (χ4v) is 5.38. The van der Waals surface area contributed by atoms with Crippen LogP contribution in [0, 0.1) is 0 Å². The Hall–Kier alpha value is -0.420. The molecule has 0 heterocycles. The second-order valence-corrected chi connectivity index (χ2v) is 8.95. The molecule has 0 unspecified atom stereocenters. The molecule has 25 heavy (non-hydrogen) atoms. The molecule has 0 aliphatic rings. The molecule has 5 nitrogen and oxygen atoms in total. The summed E-state index contributed by atoms with van der Waals surface area (Å²) < 4.78 is 8.82. The lowest BCUT2D eigenvalue weighted by Crippen LogP contribution is -2.24. The topological polar surface area (TPSA) is 70.9 Å². The monoisotopic (exact) mass is 660 g/mol. The van der Waals surface area contributed by atoms with E-state index >= 15 is 0 Å². The Labute approximate surface area is 185 Å². The summed E-state index contributed by atoms with van der Waals surface area (Å²) in [7, 11) is 0. The lowest BCUT2D eigenvalue weighted by Gasteiger charge is -2.10. The summed E-state index contributed by atoms with van der Waals surface area (Å²) in [5, 5.41) is 13.5. The number of rotatable bonds is 5. The molecule has 0 aliphatic carbocycles. The first-order valence-electron chi connectivity index (χ1n) is 6.55. The van der Waals surface area contributed by atoms with E-state index in [1.165, 1.54) is 6.21 Å². The summed E-state index contributed by atoms with van der Waals surface area (Å²) in [5.74, 6) is 0.212. The molecule has 2 N–H and O–H groups in total. The molecule has 0 bridgehead atoms. The number of hydrazone groups is 1. The van der Waals surface area contributed by atoms with Crippen LogP contribution in [0.25, 0.3) is 0 Å². The van der Waals surface area contributed by atoms with Crippen molar-refractivity contribution in [2.45, 2.75) is 0 Å². The third kappa shape index (κ3) is 6.06. The first-order chi connectivity index (χ1) is 11.8. The van der Waals surface area contributed by atoms with Gasteiger partial charge in [-0.05, 0) is 93.5 Å². The quantitative estimate of drug-likeness (QED) is 0.317. The fraction of sp³-hybridized carbons (Fsp3) is 0.0667. The highest BCUT2D eigenvalue weighted by Gasteiger charge is 2.10. The number of nitrogens with one attached hydrogen (secondary N) is 1. The minimum atomic E-state index is -0.408. The lowest BCUT2D eigenvalue weighted by atomic mass is 10.2. The van der Waals surface area contributed by atoms with E-state index in [0.717, 1.165) is 4.47 Å². The molecule has 0 fully saturated rings. The van der Waals surface area contributed by atoms with Crippen LogP contribution in [-0.2, 0) is 4.79 Å². The molecule has 0 atom stereocenters. The zero-order valence-corrected chi connectivity index (χ0v) is 20.1. The largest absolute Gasteiger partial charge is 0.506 e. The highest BCUT2D eigenvalue weighted by Crippen LogP contribution is 2.36. The van der Waals surface area contributed by atoms with Crippen LogP contribution < -0.4 is 10.2 Å². The van der Waals surface area contributed by atoms with Crippen molar-refractivity contribution >= 4 is 91.8 Å². The Morgan fingerprint density at radius 3 is 2.16 bits per heavy atom. The second-order valence-electron chi connectivity index (χ2n) is 4.61. The zero-order valence-electron chi connectivity index (χ0n) is 12.2. The first-order valence-corrected chi connectivity index (χ1v) is 10.5. The SMILES string of the molecule is O=C(COc1c(Br)cc(Br)cc1Br)NN=Cc1cc(Br)c(O)c(Br)c1. The van der Waals surface area contributed by atoms with Gasteiger partial charge in [-0.2, -0.15) is 5.10 Å². The predicted octanol–water partition coefficient (Wildman–Crippen LogP) is 5.73. The number of phenols is 1. The number of aromatic hydroxyl groups is 1. The van der Waals surface area contributed by atoms with Crippen molar-refractivity contribution < 1.29 is 14.6 Å². The number of amides is 1. The molecule has 1 amide bonds. The Morgan fingerprint density at radius 1 is 1.04 bits per heavy atom. The number of hydrogen-bond acceptors (Lipinski definition) is 4. The molecule has 0 aromatic heterocycles. The van der Waals surface area contributed by atoms with E-state index in [2.05, 4.69) is 90.2 Å². The van der Waals surface area contributed by atoms with E-state index < -0.39 is 5.91 Å². The van der Waals surface area contributed by atoms with Crippen molar-refractivity contribution in [1.82, 2.24) is 5.43 Å². The summed E-state index contributed by atoms with van der Waals surface area (Å²) in [6.07, 6.45) is 1.46. The predicted molar refractivity (Wildman–Crippen MR) is 114 cm³/mol. The Bertz CT molecular complexity index is 796. The maximum absolute atomic E-state index is 11.8. The fourth-order valence-electron chi connectivity index (χ4n) is 1.68. The molecule has 0 radical (unpaired) electrons. The number of halogens is 5. The Kier molecular flexibility index (Phi) is 7.93. The van der Waals surface area contributed by atoms with Gasteiger partial charge >= 0.3 is 0 Å². The summed E-state index contributed by atoms with van der Waals surface area (Å²) in [5.41, 5.74) is 3.07. The molecular formula is C15H9Br5N2O3. The van der Waals surface area contributed by atoms with Crippen molar-refractivity contribution in [2.24, 2.45) is 5.10 Å². The minimum absolute atomic E-state index is 0.0974. The average Bonchev–Trinajstić information content (AvgIpc) is 2.51. The summed E-state index contributed by atoms with van der Waals surface area (Å²) in [6, 6.07) is 6.97. The van der Waals surface area contributed by atoms with Crippen molar-refractivity contribution in [1.29, 1.82) is 0 Å². The van der Waals surface area contributed by atoms with Crippen LogP contribution >= 0.6 is 79.6 Å². The maximum Gasteiger partial charge on any atom is 0.277 e. The number of nitrogens with zero attached hydrogens (tertiary/aromatic N) is 1. The van der Waals surface area contributed by atoms with Crippen molar-refractivity contribution in [2.75, 3.05) is 6.61 Å². The summed E-state index contributed by atoms with van der Waals surface area (Å²) in [4.78, 5) is 11.8. The van der Waals surface area contributed by atoms with Crippen LogP contribution in [0.5, 0.6) is 11.5 Å². The minimum Gasteiger partial charge on any atom is -0.506 e. The van der Waals surface area contributed by atoms with Gasteiger partial charge in [0, 0.05) is 4.47 Å². The molecule has 0 saturated heterocycles. The highest BCUT2D eigenvalue weighted by molar-refractivity contribution is 9.12. The van der Waals surface area contributed by atoms with E-state index in [-0.39, 0.29) is 12.4 Å². The molecule has 132 valence electrons. The van der Waals surface area contributed by atoms with Gasteiger partial charge in [-0.1, -0.05) is 15.9 Å². The van der Waals surface area contributed by atoms with Gasteiger partial charge in [0.05, 0.1) is 24.1 Å². The third-order valence-corrected chi connectivity index (χ3v) is 5.60.